The molecule has 0 bridgehead atoms. The van der Waals surface area contributed by atoms with Crippen LogP contribution in [0.15, 0.2) is 54.6 Å². The van der Waals surface area contributed by atoms with E-state index in [-0.39, 0.29) is 18.0 Å². The highest BCUT2D eigenvalue weighted by molar-refractivity contribution is 5.89. The van der Waals surface area contributed by atoms with E-state index in [0.717, 1.165) is 24.2 Å². The molecular formula is C26H33NO5. The zero-order valence-electron chi connectivity index (χ0n) is 19.4. The number of nitrogens with one attached hydrogen (secondary N) is 1. The minimum Gasteiger partial charge on any atom is -0.490 e. The Kier molecular flexibility index (Phi) is 7.56. The fraction of sp³-hybridized carbons (Fsp3) is 0.462. The summed E-state index contributed by atoms with van der Waals surface area (Å²) in [6.45, 7) is 6.14. The molecule has 0 radical (unpaired) electrons. The third kappa shape index (κ3) is 6.33. The highest BCUT2D eigenvalue weighted by Gasteiger charge is 2.44. The first-order valence-corrected chi connectivity index (χ1v) is 11.1. The Morgan fingerprint density at radius 1 is 1.00 bits per heavy atom. The first kappa shape index (κ1) is 23.8. The smallest absolute Gasteiger partial charge is 0.337 e. The second kappa shape index (κ2) is 10.2. The molecule has 172 valence electrons. The van der Waals surface area contributed by atoms with Gasteiger partial charge in [0.2, 0.25) is 0 Å². The topological polar surface area (TPSA) is 73.9 Å². The minimum atomic E-state index is -0.773. The normalized spacial score (nSPS) is 20.9. The summed E-state index contributed by atoms with van der Waals surface area (Å²) < 4.78 is 16.6. The van der Waals surface area contributed by atoms with Gasteiger partial charge < -0.3 is 14.2 Å². The summed E-state index contributed by atoms with van der Waals surface area (Å²) >= 11 is 0. The monoisotopic (exact) mass is 439 g/mol. The summed E-state index contributed by atoms with van der Waals surface area (Å²) in [4.78, 5) is 24.9. The van der Waals surface area contributed by atoms with Crippen LogP contribution in [0.5, 0.6) is 5.75 Å². The molecule has 1 aliphatic rings. The fourth-order valence-electron chi connectivity index (χ4n) is 3.87. The average molecular weight is 440 g/mol. The molecule has 0 heterocycles. The van der Waals surface area contributed by atoms with E-state index in [0.29, 0.717) is 24.9 Å². The maximum atomic E-state index is 13.2. The summed E-state index contributed by atoms with van der Waals surface area (Å²) in [7, 11) is 1.36. The second-order valence-corrected chi connectivity index (χ2v) is 9.26. The van der Waals surface area contributed by atoms with Crippen LogP contribution in [-0.2, 0) is 20.8 Å². The maximum Gasteiger partial charge on any atom is 0.337 e. The predicted molar refractivity (Wildman–Crippen MR) is 123 cm³/mol. The maximum absolute atomic E-state index is 13.2. The third-order valence-electron chi connectivity index (χ3n) is 5.63. The second-order valence-electron chi connectivity index (χ2n) is 9.26. The lowest BCUT2D eigenvalue weighted by Crippen LogP contribution is -2.56. The van der Waals surface area contributed by atoms with Gasteiger partial charge in [-0.05, 0) is 76.3 Å². The highest BCUT2D eigenvalue weighted by Crippen LogP contribution is 2.33. The quantitative estimate of drug-likeness (QED) is 0.633. The van der Waals surface area contributed by atoms with Crippen LogP contribution in [0.4, 0.5) is 0 Å². The Hall–Kier alpha value is -2.86. The molecule has 0 amide bonds. The first-order chi connectivity index (χ1) is 15.2. The summed E-state index contributed by atoms with van der Waals surface area (Å²) in [5.74, 6) is 0.252. The molecule has 32 heavy (non-hydrogen) atoms. The number of carbonyl (C=O) groups is 2. The molecule has 1 fully saturated rings. The highest BCUT2D eigenvalue weighted by atomic mass is 16.6. The van der Waals surface area contributed by atoms with Gasteiger partial charge >= 0.3 is 11.9 Å². The molecule has 0 aliphatic heterocycles. The Labute approximate surface area is 190 Å². The average Bonchev–Trinajstić information content (AvgIpc) is 2.78. The predicted octanol–water partition coefficient (Wildman–Crippen LogP) is 4.66. The van der Waals surface area contributed by atoms with Gasteiger partial charge in [0.15, 0.2) is 0 Å². The van der Waals surface area contributed by atoms with Crippen LogP contribution in [0, 0.1) is 0 Å². The molecule has 1 aliphatic carbocycles. The molecular weight excluding hydrogens is 406 g/mol. The standard InChI is InChI=1S/C26H33NO5/c1-25(2,3)32-24(29)26(27-18-19-10-12-20(13-11-19)23(28)30-4)16-14-22(15-17-26)31-21-8-6-5-7-9-21/h5-13,22,27H,14-18H2,1-4H3. The Bertz CT molecular complexity index is 894. The molecule has 1 N–H and O–H groups in total. The van der Waals surface area contributed by atoms with Crippen molar-refractivity contribution in [3.05, 3.63) is 65.7 Å². The van der Waals surface area contributed by atoms with E-state index in [1.165, 1.54) is 7.11 Å². The largest absolute Gasteiger partial charge is 0.490 e. The lowest BCUT2D eigenvalue weighted by atomic mass is 9.79. The van der Waals surface area contributed by atoms with Gasteiger partial charge in [-0.3, -0.25) is 10.1 Å². The van der Waals surface area contributed by atoms with Crippen LogP contribution >= 0.6 is 0 Å². The number of hydrogen-bond acceptors (Lipinski definition) is 6. The number of ether oxygens (including phenoxy) is 3. The number of methoxy groups -OCH3 is 1. The van der Waals surface area contributed by atoms with Crippen LogP contribution in [0.3, 0.4) is 0 Å². The molecule has 6 heteroatoms. The van der Waals surface area contributed by atoms with Gasteiger partial charge in [0.25, 0.3) is 0 Å². The van der Waals surface area contributed by atoms with Crippen molar-refractivity contribution >= 4 is 11.9 Å². The summed E-state index contributed by atoms with van der Waals surface area (Å²) in [5.41, 5.74) is 0.135. The van der Waals surface area contributed by atoms with Gasteiger partial charge in [-0.25, -0.2) is 4.79 Å². The van der Waals surface area contributed by atoms with Crippen molar-refractivity contribution in [1.82, 2.24) is 5.32 Å². The van der Waals surface area contributed by atoms with Crippen molar-refractivity contribution in [3.63, 3.8) is 0 Å². The molecule has 3 rings (SSSR count). The van der Waals surface area contributed by atoms with Crippen LogP contribution in [0.2, 0.25) is 0 Å². The number of rotatable bonds is 7. The molecule has 0 aromatic heterocycles. The van der Waals surface area contributed by atoms with E-state index in [9.17, 15) is 9.59 Å². The van der Waals surface area contributed by atoms with E-state index in [1.807, 2.05) is 63.2 Å². The molecule has 2 aromatic carbocycles. The van der Waals surface area contributed by atoms with Gasteiger partial charge in [0.1, 0.15) is 16.9 Å². The van der Waals surface area contributed by atoms with E-state index in [2.05, 4.69) is 5.32 Å². The van der Waals surface area contributed by atoms with Crippen LogP contribution in [0.1, 0.15) is 62.4 Å². The molecule has 1 saturated carbocycles. The summed E-state index contributed by atoms with van der Waals surface area (Å²) in [6, 6.07) is 17.0. The van der Waals surface area contributed by atoms with E-state index >= 15 is 0 Å². The van der Waals surface area contributed by atoms with Crippen molar-refractivity contribution in [2.24, 2.45) is 0 Å². The van der Waals surface area contributed by atoms with Gasteiger partial charge in [-0.15, -0.1) is 0 Å². The van der Waals surface area contributed by atoms with Crippen LogP contribution < -0.4 is 10.1 Å². The fourth-order valence-corrected chi connectivity index (χ4v) is 3.87. The lowest BCUT2D eigenvalue weighted by molar-refractivity contribution is -0.165. The molecule has 0 atom stereocenters. The van der Waals surface area contributed by atoms with Crippen LogP contribution in [0.25, 0.3) is 0 Å². The van der Waals surface area contributed by atoms with Gasteiger partial charge in [-0.1, -0.05) is 30.3 Å². The minimum absolute atomic E-state index is 0.0640. The van der Waals surface area contributed by atoms with Crippen molar-refractivity contribution < 1.29 is 23.8 Å². The zero-order chi connectivity index (χ0) is 23.2. The molecule has 0 spiro atoms. The summed E-state index contributed by atoms with van der Waals surface area (Å²) in [6.07, 6.45) is 2.82. The van der Waals surface area contributed by atoms with Gasteiger partial charge in [-0.2, -0.15) is 0 Å². The molecule has 0 unspecified atom stereocenters. The van der Waals surface area contributed by atoms with Crippen LogP contribution in [-0.4, -0.2) is 36.3 Å². The van der Waals surface area contributed by atoms with Crippen molar-refractivity contribution in [2.75, 3.05) is 7.11 Å². The molecule has 2 aromatic rings. The van der Waals surface area contributed by atoms with Crippen molar-refractivity contribution in [1.29, 1.82) is 0 Å². The Morgan fingerprint density at radius 3 is 2.19 bits per heavy atom. The number of hydrogen-bond donors (Lipinski definition) is 1. The molecule has 0 saturated heterocycles. The Balaban J connectivity index is 1.68. The van der Waals surface area contributed by atoms with Gasteiger partial charge in [0, 0.05) is 6.54 Å². The van der Waals surface area contributed by atoms with E-state index < -0.39 is 11.1 Å². The number of para-hydroxylation sites is 1. The lowest BCUT2D eigenvalue weighted by Gasteiger charge is -2.40. The number of carbonyl (C=O) groups excluding carboxylic acids is 2. The molecule has 6 nitrogen and oxygen atoms in total. The van der Waals surface area contributed by atoms with Crippen molar-refractivity contribution in [2.45, 2.75) is 70.2 Å². The number of benzene rings is 2. The SMILES string of the molecule is COC(=O)c1ccc(CNC2(C(=O)OC(C)(C)C)CCC(Oc3ccccc3)CC2)cc1. The zero-order valence-corrected chi connectivity index (χ0v) is 19.4. The van der Waals surface area contributed by atoms with E-state index in [4.69, 9.17) is 14.2 Å². The van der Waals surface area contributed by atoms with Crippen molar-refractivity contribution in [3.8, 4) is 5.75 Å². The summed E-state index contributed by atoms with van der Waals surface area (Å²) in [5, 5.41) is 3.47. The first-order valence-electron chi connectivity index (χ1n) is 11.1. The number of esters is 2. The third-order valence-corrected chi connectivity index (χ3v) is 5.63. The van der Waals surface area contributed by atoms with Gasteiger partial charge in [0.05, 0.1) is 18.8 Å². The van der Waals surface area contributed by atoms with E-state index in [1.54, 1.807) is 12.1 Å². The Morgan fingerprint density at radius 2 is 1.62 bits per heavy atom.